The zero-order chi connectivity index (χ0) is 25.5. The minimum absolute atomic E-state index is 0.174. The Hall–Kier alpha value is -3.25. The van der Waals surface area contributed by atoms with Gasteiger partial charge in [-0.1, -0.05) is 77.0 Å². The van der Waals surface area contributed by atoms with Gasteiger partial charge in [-0.15, -0.1) is 0 Å². The van der Waals surface area contributed by atoms with Crippen LogP contribution in [-0.2, 0) is 0 Å². The summed E-state index contributed by atoms with van der Waals surface area (Å²) >= 11 is 13.6. The molecule has 0 fully saturated rings. The van der Waals surface area contributed by atoms with Crippen LogP contribution in [0.4, 0.5) is 4.39 Å². The number of thiazole rings is 1. The Bertz CT molecular complexity index is 1750. The third-order valence-corrected chi connectivity index (χ3v) is 8.21. The molecule has 3 aromatic carbocycles. The number of aromatic nitrogens is 1. The molecule has 1 atom stereocenters. The lowest BCUT2D eigenvalue weighted by Crippen LogP contribution is -2.39. The highest BCUT2D eigenvalue weighted by molar-refractivity contribution is 7.07. The summed E-state index contributed by atoms with van der Waals surface area (Å²) in [5.74, 6) is -0.366. The van der Waals surface area contributed by atoms with Crippen molar-refractivity contribution in [3.05, 3.63) is 142 Å². The van der Waals surface area contributed by atoms with Gasteiger partial charge in [0.05, 0.1) is 16.3 Å². The van der Waals surface area contributed by atoms with Gasteiger partial charge in [-0.25, -0.2) is 9.38 Å². The molecule has 2 aliphatic rings. The molecule has 1 aliphatic carbocycles. The number of hydrogen-bond donors (Lipinski definition) is 0. The van der Waals surface area contributed by atoms with Gasteiger partial charge in [0.25, 0.3) is 5.56 Å². The van der Waals surface area contributed by atoms with Gasteiger partial charge in [-0.2, -0.15) is 0 Å². The number of nitrogens with zero attached hydrogens (tertiary/aromatic N) is 2. The van der Waals surface area contributed by atoms with Gasteiger partial charge in [0.15, 0.2) is 4.80 Å². The van der Waals surface area contributed by atoms with E-state index < -0.39 is 0 Å². The first-order chi connectivity index (χ1) is 18.0. The molecule has 1 aromatic heterocycles. The summed E-state index contributed by atoms with van der Waals surface area (Å²) in [5, 5.41) is 1.33. The van der Waals surface area contributed by atoms with E-state index >= 15 is 0 Å². The second-order valence-corrected chi connectivity index (χ2v) is 11.0. The van der Waals surface area contributed by atoms with Gasteiger partial charge in [0, 0.05) is 15.6 Å². The summed E-state index contributed by atoms with van der Waals surface area (Å²) in [6.45, 7) is 0. The molecule has 3 nitrogen and oxygen atoms in total. The zero-order valence-electron chi connectivity index (χ0n) is 19.6. The summed E-state index contributed by atoms with van der Waals surface area (Å²) in [7, 11) is 0. The number of halogens is 3. The first kappa shape index (κ1) is 24.1. The summed E-state index contributed by atoms with van der Waals surface area (Å²) in [6.07, 6.45) is 6.45. The van der Waals surface area contributed by atoms with Crippen molar-refractivity contribution in [1.29, 1.82) is 0 Å². The summed E-state index contributed by atoms with van der Waals surface area (Å²) in [5.41, 5.74) is 5.40. The van der Waals surface area contributed by atoms with Crippen LogP contribution in [0.2, 0.25) is 10.0 Å². The number of fused-ring (bicyclic) bond motifs is 1. The summed E-state index contributed by atoms with van der Waals surface area (Å²) < 4.78 is 16.6. The lowest BCUT2D eigenvalue weighted by atomic mass is 9.84. The normalized spacial score (nSPS) is 18.5. The maximum Gasteiger partial charge on any atom is 0.271 e. The average Bonchev–Trinajstić information content (AvgIpc) is 3.21. The quantitative estimate of drug-likeness (QED) is 0.274. The molecule has 6 rings (SSSR count). The molecular formula is C30H21Cl2FN2OS. The minimum atomic E-state index is -0.366. The van der Waals surface area contributed by atoms with Crippen LogP contribution in [0.25, 0.3) is 12.2 Å². The third-order valence-electron chi connectivity index (χ3n) is 6.72. The van der Waals surface area contributed by atoms with Gasteiger partial charge < -0.3 is 0 Å². The minimum Gasteiger partial charge on any atom is -0.272 e. The molecule has 0 amide bonds. The van der Waals surface area contributed by atoms with Crippen LogP contribution >= 0.6 is 34.5 Å². The maximum atomic E-state index is 14.4. The van der Waals surface area contributed by atoms with E-state index in [1.165, 1.54) is 17.4 Å². The second kappa shape index (κ2) is 9.90. The molecule has 0 unspecified atom stereocenters. The number of rotatable bonds is 3. The standard InChI is InChI=1S/C30H21Cl2FN2OS/c31-22-12-8-18(9-13-22)16-21-5-3-6-24-27(21)34-30-35(28(24)19-10-14-23(32)15-11-19)29(36)26(37-30)17-20-4-1-2-7-25(20)33/h1-2,4,7-17,28H,3,5-6H2/b21-16+,26-17+/t28-/m1/s1. The Labute approximate surface area is 227 Å². The van der Waals surface area contributed by atoms with E-state index in [0.717, 1.165) is 47.2 Å². The molecule has 2 heterocycles. The van der Waals surface area contributed by atoms with Crippen molar-refractivity contribution >= 4 is 46.7 Å². The fraction of sp³-hybridized carbons (Fsp3) is 0.133. The SMILES string of the molecule is O=c1/c(=C\c2ccccc2F)sc2n1[C@H](c1ccc(Cl)cc1)C1=C(N=2)/C(=C/c2ccc(Cl)cc2)CCC1. The molecule has 0 saturated carbocycles. The molecule has 0 spiro atoms. The maximum absolute atomic E-state index is 14.4. The summed E-state index contributed by atoms with van der Waals surface area (Å²) in [6, 6.07) is 21.5. The van der Waals surface area contributed by atoms with E-state index in [4.69, 9.17) is 28.2 Å². The van der Waals surface area contributed by atoms with Gasteiger partial charge in [-0.05, 0) is 84.0 Å². The predicted octanol–water partition coefficient (Wildman–Crippen LogP) is 6.93. The molecule has 0 bridgehead atoms. The van der Waals surface area contributed by atoms with Crippen LogP contribution in [0.15, 0.2) is 99.4 Å². The lowest BCUT2D eigenvalue weighted by Gasteiger charge is -2.31. The van der Waals surface area contributed by atoms with E-state index in [2.05, 4.69) is 6.08 Å². The van der Waals surface area contributed by atoms with E-state index in [-0.39, 0.29) is 17.4 Å². The number of allylic oxidation sites excluding steroid dienone is 2. The van der Waals surface area contributed by atoms with Crippen molar-refractivity contribution in [2.24, 2.45) is 4.99 Å². The highest BCUT2D eigenvalue weighted by atomic mass is 35.5. The Morgan fingerprint density at radius 1 is 0.919 bits per heavy atom. The number of hydrogen-bond acceptors (Lipinski definition) is 3. The van der Waals surface area contributed by atoms with Crippen molar-refractivity contribution in [2.45, 2.75) is 25.3 Å². The second-order valence-electron chi connectivity index (χ2n) is 9.10. The van der Waals surface area contributed by atoms with Crippen LogP contribution < -0.4 is 14.9 Å². The predicted molar refractivity (Wildman–Crippen MR) is 149 cm³/mol. The van der Waals surface area contributed by atoms with Crippen molar-refractivity contribution < 1.29 is 4.39 Å². The van der Waals surface area contributed by atoms with Crippen LogP contribution in [0.5, 0.6) is 0 Å². The van der Waals surface area contributed by atoms with Gasteiger partial charge >= 0.3 is 0 Å². The van der Waals surface area contributed by atoms with Crippen molar-refractivity contribution in [2.75, 3.05) is 0 Å². The topological polar surface area (TPSA) is 34.4 Å². The zero-order valence-corrected chi connectivity index (χ0v) is 22.0. The van der Waals surface area contributed by atoms with Crippen molar-refractivity contribution in [1.82, 2.24) is 4.57 Å². The first-order valence-electron chi connectivity index (χ1n) is 12.0. The molecule has 37 heavy (non-hydrogen) atoms. The Morgan fingerprint density at radius 2 is 1.62 bits per heavy atom. The molecule has 0 radical (unpaired) electrons. The summed E-state index contributed by atoms with van der Waals surface area (Å²) in [4.78, 5) is 19.4. The van der Waals surface area contributed by atoms with E-state index in [0.29, 0.717) is 24.9 Å². The van der Waals surface area contributed by atoms with Gasteiger partial charge in [-0.3, -0.25) is 9.36 Å². The fourth-order valence-corrected chi connectivity index (χ4v) is 6.24. The molecular weight excluding hydrogens is 526 g/mol. The van der Waals surface area contributed by atoms with E-state index in [1.54, 1.807) is 28.8 Å². The monoisotopic (exact) mass is 546 g/mol. The largest absolute Gasteiger partial charge is 0.272 e. The molecule has 184 valence electrons. The van der Waals surface area contributed by atoms with Gasteiger partial charge in [0.1, 0.15) is 5.82 Å². The fourth-order valence-electron chi connectivity index (χ4n) is 5.00. The van der Waals surface area contributed by atoms with Crippen LogP contribution in [0, 0.1) is 5.82 Å². The Balaban J connectivity index is 1.58. The van der Waals surface area contributed by atoms with Crippen LogP contribution in [-0.4, -0.2) is 4.57 Å². The molecule has 1 aliphatic heterocycles. The van der Waals surface area contributed by atoms with Crippen molar-refractivity contribution in [3.8, 4) is 0 Å². The molecule has 7 heteroatoms. The number of benzene rings is 3. The van der Waals surface area contributed by atoms with E-state index in [9.17, 15) is 9.18 Å². The highest BCUT2D eigenvalue weighted by Crippen LogP contribution is 2.41. The van der Waals surface area contributed by atoms with Gasteiger partial charge in [0.2, 0.25) is 0 Å². The molecule has 0 N–H and O–H groups in total. The average molecular weight is 547 g/mol. The van der Waals surface area contributed by atoms with E-state index in [1.807, 2.05) is 48.5 Å². The Morgan fingerprint density at radius 3 is 2.35 bits per heavy atom. The van der Waals surface area contributed by atoms with Crippen molar-refractivity contribution in [3.63, 3.8) is 0 Å². The first-order valence-corrected chi connectivity index (χ1v) is 13.6. The smallest absolute Gasteiger partial charge is 0.271 e. The van der Waals surface area contributed by atoms with Crippen LogP contribution in [0.3, 0.4) is 0 Å². The Kier molecular flexibility index (Phi) is 6.45. The molecule has 4 aromatic rings. The molecule has 0 saturated heterocycles. The van der Waals surface area contributed by atoms with Crippen LogP contribution in [0.1, 0.15) is 42.0 Å². The highest BCUT2D eigenvalue weighted by Gasteiger charge is 2.32. The third kappa shape index (κ3) is 4.63. The lowest BCUT2D eigenvalue weighted by molar-refractivity contribution is 0.553.